The largest absolute Gasteiger partial charge is 0.346 e. The Kier molecular flexibility index (Phi) is 5.06. The number of benzene rings is 2. The molecule has 6 nitrogen and oxygen atoms in total. The minimum absolute atomic E-state index is 0.0251. The number of nitrogens with zero attached hydrogens (tertiary/aromatic N) is 2. The number of thiazole rings is 1. The van der Waals surface area contributed by atoms with Crippen molar-refractivity contribution in [2.75, 3.05) is 0 Å². The fourth-order valence-corrected chi connectivity index (χ4v) is 3.14. The van der Waals surface area contributed by atoms with Gasteiger partial charge in [-0.05, 0) is 12.1 Å². The van der Waals surface area contributed by atoms with Crippen LogP contribution in [0.2, 0.25) is 5.02 Å². The number of carbonyl (C=O) groups excluding carboxylic acids is 1. The maximum absolute atomic E-state index is 12.2. The van der Waals surface area contributed by atoms with Gasteiger partial charge in [0.15, 0.2) is 0 Å². The molecule has 0 saturated heterocycles. The predicted molar refractivity (Wildman–Crippen MR) is 96.8 cm³/mol. The third kappa shape index (κ3) is 4.01. The Morgan fingerprint density at radius 2 is 1.92 bits per heavy atom. The van der Waals surface area contributed by atoms with Crippen molar-refractivity contribution in [2.24, 2.45) is 0 Å². The first-order chi connectivity index (χ1) is 12.0. The highest BCUT2D eigenvalue weighted by atomic mass is 35.5. The number of para-hydroxylation sites is 1. The summed E-state index contributed by atoms with van der Waals surface area (Å²) in [6.07, 6.45) is 0. The van der Waals surface area contributed by atoms with Gasteiger partial charge in [0.2, 0.25) is 0 Å². The van der Waals surface area contributed by atoms with E-state index in [-0.39, 0.29) is 23.8 Å². The second kappa shape index (κ2) is 7.42. The van der Waals surface area contributed by atoms with E-state index in [0.29, 0.717) is 15.6 Å². The van der Waals surface area contributed by atoms with Crippen LogP contribution >= 0.6 is 22.9 Å². The smallest absolute Gasteiger partial charge is 0.274 e. The molecule has 0 radical (unpaired) electrons. The van der Waals surface area contributed by atoms with Crippen molar-refractivity contribution in [3.05, 3.63) is 80.3 Å². The first kappa shape index (κ1) is 17.1. The van der Waals surface area contributed by atoms with Crippen LogP contribution in [-0.2, 0) is 6.54 Å². The molecule has 1 N–H and O–H groups in total. The second-order valence-electron chi connectivity index (χ2n) is 5.11. The molecule has 1 heterocycles. The molecule has 0 aliphatic carbocycles. The Bertz CT molecular complexity index is 925. The lowest BCUT2D eigenvalue weighted by Crippen LogP contribution is -2.23. The van der Waals surface area contributed by atoms with Crippen LogP contribution in [0.25, 0.3) is 10.6 Å². The number of carbonyl (C=O) groups is 1. The lowest BCUT2D eigenvalue weighted by atomic mass is 10.2. The number of hydrogen-bond donors (Lipinski definition) is 1. The number of aromatic nitrogens is 1. The van der Waals surface area contributed by atoms with E-state index in [0.717, 1.165) is 5.56 Å². The van der Waals surface area contributed by atoms with Gasteiger partial charge in [-0.15, -0.1) is 11.3 Å². The van der Waals surface area contributed by atoms with Crippen LogP contribution < -0.4 is 5.32 Å². The molecule has 0 bridgehead atoms. The van der Waals surface area contributed by atoms with Gasteiger partial charge in [0.05, 0.1) is 4.92 Å². The van der Waals surface area contributed by atoms with Crippen LogP contribution in [0.5, 0.6) is 0 Å². The van der Waals surface area contributed by atoms with Crippen LogP contribution in [0.3, 0.4) is 0 Å². The first-order valence-electron chi connectivity index (χ1n) is 7.26. The molecule has 0 fully saturated rings. The Morgan fingerprint density at radius 3 is 2.64 bits per heavy atom. The molecule has 0 saturated carbocycles. The van der Waals surface area contributed by atoms with E-state index in [4.69, 9.17) is 11.6 Å². The summed E-state index contributed by atoms with van der Waals surface area (Å²) in [7, 11) is 0. The van der Waals surface area contributed by atoms with Crippen LogP contribution in [0.4, 0.5) is 5.69 Å². The molecule has 2 aromatic carbocycles. The first-order valence-corrected chi connectivity index (χ1v) is 8.52. The Hall–Kier alpha value is -2.77. The molecule has 0 aliphatic rings. The third-order valence-corrected chi connectivity index (χ3v) is 4.60. The highest BCUT2D eigenvalue weighted by molar-refractivity contribution is 7.13. The summed E-state index contributed by atoms with van der Waals surface area (Å²) in [5.41, 5.74) is 1.55. The number of rotatable bonds is 5. The molecule has 0 unspecified atom stereocenters. The van der Waals surface area contributed by atoms with E-state index in [1.54, 1.807) is 35.7 Å². The third-order valence-electron chi connectivity index (χ3n) is 3.46. The molecule has 0 aliphatic heterocycles. The van der Waals surface area contributed by atoms with E-state index < -0.39 is 4.92 Å². The zero-order chi connectivity index (χ0) is 17.8. The molecular weight excluding hydrogens is 362 g/mol. The van der Waals surface area contributed by atoms with E-state index in [1.165, 1.54) is 17.4 Å². The molecule has 0 atom stereocenters. The highest BCUT2D eigenvalue weighted by Crippen LogP contribution is 2.25. The van der Waals surface area contributed by atoms with Crippen LogP contribution in [-0.4, -0.2) is 15.8 Å². The zero-order valence-corrected chi connectivity index (χ0v) is 14.4. The monoisotopic (exact) mass is 373 g/mol. The van der Waals surface area contributed by atoms with Crippen molar-refractivity contribution in [3.63, 3.8) is 0 Å². The minimum atomic E-state index is -0.469. The molecule has 3 rings (SSSR count). The number of halogens is 1. The van der Waals surface area contributed by atoms with E-state index in [2.05, 4.69) is 10.3 Å². The summed E-state index contributed by atoms with van der Waals surface area (Å²) in [4.78, 5) is 27.1. The molecule has 25 heavy (non-hydrogen) atoms. The lowest BCUT2D eigenvalue weighted by molar-refractivity contribution is -0.385. The lowest BCUT2D eigenvalue weighted by Gasteiger charge is -2.04. The van der Waals surface area contributed by atoms with Gasteiger partial charge in [-0.2, -0.15) is 0 Å². The fraction of sp³-hybridized carbons (Fsp3) is 0.0588. The topological polar surface area (TPSA) is 85.1 Å². The van der Waals surface area contributed by atoms with Gasteiger partial charge in [-0.25, -0.2) is 4.98 Å². The fourth-order valence-electron chi connectivity index (χ4n) is 2.21. The highest BCUT2D eigenvalue weighted by Gasteiger charge is 2.15. The van der Waals surface area contributed by atoms with E-state index >= 15 is 0 Å². The molecule has 126 valence electrons. The standard InChI is InChI=1S/C17H12ClN3O3S/c18-13-7-5-11(6-8-13)17-20-14(10-25-17)16(22)19-9-12-3-1-2-4-15(12)21(23)24/h1-8,10H,9H2,(H,19,22). The second-order valence-corrected chi connectivity index (χ2v) is 6.41. The van der Waals surface area contributed by atoms with Gasteiger partial charge in [-0.3, -0.25) is 14.9 Å². The summed E-state index contributed by atoms with van der Waals surface area (Å²) < 4.78 is 0. The molecule has 1 aromatic heterocycles. The summed E-state index contributed by atoms with van der Waals surface area (Å²) in [5.74, 6) is -0.380. The summed E-state index contributed by atoms with van der Waals surface area (Å²) in [6.45, 7) is 0.0593. The molecule has 3 aromatic rings. The quantitative estimate of drug-likeness (QED) is 0.533. The SMILES string of the molecule is O=C(NCc1ccccc1[N+](=O)[O-])c1csc(-c2ccc(Cl)cc2)n1. The van der Waals surface area contributed by atoms with Crippen molar-refractivity contribution < 1.29 is 9.72 Å². The van der Waals surface area contributed by atoms with E-state index in [9.17, 15) is 14.9 Å². The average Bonchev–Trinajstić information content (AvgIpc) is 3.10. The van der Waals surface area contributed by atoms with Crippen molar-refractivity contribution in [3.8, 4) is 10.6 Å². The molecule has 8 heteroatoms. The number of nitro groups is 1. The van der Waals surface area contributed by atoms with Gasteiger partial charge in [-0.1, -0.05) is 41.9 Å². The molecular formula is C17H12ClN3O3S. The van der Waals surface area contributed by atoms with Gasteiger partial charge in [0, 0.05) is 34.1 Å². The van der Waals surface area contributed by atoms with E-state index in [1.807, 2.05) is 12.1 Å². The Labute approximate surface area is 152 Å². The zero-order valence-electron chi connectivity index (χ0n) is 12.8. The normalized spacial score (nSPS) is 10.4. The predicted octanol–water partition coefficient (Wildman–Crippen LogP) is 4.30. The molecule has 1 amide bonds. The van der Waals surface area contributed by atoms with Crippen molar-refractivity contribution >= 4 is 34.5 Å². The number of nitro benzene ring substituents is 1. The van der Waals surface area contributed by atoms with Crippen molar-refractivity contribution in [1.29, 1.82) is 0 Å². The van der Waals surface area contributed by atoms with Crippen LogP contribution in [0.1, 0.15) is 16.1 Å². The minimum Gasteiger partial charge on any atom is -0.346 e. The molecule has 0 spiro atoms. The number of hydrogen-bond acceptors (Lipinski definition) is 5. The average molecular weight is 374 g/mol. The van der Waals surface area contributed by atoms with Crippen LogP contribution in [0.15, 0.2) is 53.9 Å². The summed E-state index contributed by atoms with van der Waals surface area (Å²) in [6, 6.07) is 13.5. The number of amides is 1. The summed E-state index contributed by atoms with van der Waals surface area (Å²) >= 11 is 7.20. The van der Waals surface area contributed by atoms with Crippen molar-refractivity contribution in [2.45, 2.75) is 6.54 Å². The number of nitrogens with one attached hydrogen (secondary N) is 1. The Morgan fingerprint density at radius 1 is 1.20 bits per heavy atom. The Balaban J connectivity index is 1.70. The maximum atomic E-state index is 12.2. The van der Waals surface area contributed by atoms with Gasteiger partial charge < -0.3 is 5.32 Å². The van der Waals surface area contributed by atoms with Gasteiger partial charge >= 0.3 is 0 Å². The summed E-state index contributed by atoms with van der Waals surface area (Å²) in [5, 5.41) is 16.6. The maximum Gasteiger partial charge on any atom is 0.274 e. The van der Waals surface area contributed by atoms with Crippen molar-refractivity contribution in [1.82, 2.24) is 10.3 Å². The van der Waals surface area contributed by atoms with Crippen LogP contribution in [0, 0.1) is 10.1 Å². The van der Waals surface area contributed by atoms with Gasteiger partial charge in [0.1, 0.15) is 10.7 Å². The van der Waals surface area contributed by atoms with Gasteiger partial charge in [0.25, 0.3) is 11.6 Å².